The predicted octanol–water partition coefficient (Wildman–Crippen LogP) is 2.42. The Morgan fingerprint density at radius 3 is 2.86 bits per heavy atom. The third-order valence-corrected chi connectivity index (χ3v) is 2.89. The van der Waals surface area contributed by atoms with Gasteiger partial charge in [0.2, 0.25) is 0 Å². The van der Waals surface area contributed by atoms with E-state index in [0.29, 0.717) is 0 Å². The second-order valence-electron chi connectivity index (χ2n) is 4.19. The summed E-state index contributed by atoms with van der Waals surface area (Å²) >= 11 is 0. The highest BCUT2D eigenvalue weighted by Crippen LogP contribution is 2.26. The molecule has 3 heteroatoms. The van der Waals surface area contributed by atoms with Gasteiger partial charge in [0.15, 0.2) is 5.65 Å². The summed E-state index contributed by atoms with van der Waals surface area (Å²) in [6.45, 7) is 6.66. The molecule has 0 saturated heterocycles. The normalized spacial score (nSPS) is 12.2. The molecule has 0 amide bonds. The molecule has 0 saturated carbocycles. The van der Waals surface area contributed by atoms with Gasteiger partial charge >= 0.3 is 0 Å². The molecule has 0 spiro atoms. The molecule has 0 aromatic carbocycles. The standard InChI is InChI=1S/C11H15N3/c1-4-11(2,3)9-7-13-10-8-12-5-6-14(9)10/h5-8H,4H2,1-3H3. The van der Waals surface area contributed by atoms with Crippen molar-refractivity contribution in [3.05, 3.63) is 30.5 Å². The Kier molecular flexibility index (Phi) is 2.02. The topological polar surface area (TPSA) is 30.2 Å². The van der Waals surface area contributed by atoms with Crippen molar-refractivity contribution in [1.29, 1.82) is 0 Å². The fourth-order valence-electron chi connectivity index (χ4n) is 1.52. The third kappa shape index (κ3) is 1.29. The molecule has 0 aliphatic carbocycles. The van der Waals surface area contributed by atoms with E-state index in [1.165, 1.54) is 5.69 Å². The Morgan fingerprint density at radius 2 is 2.14 bits per heavy atom. The van der Waals surface area contributed by atoms with Crippen LogP contribution in [0.2, 0.25) is 0 Å². The zero-order chi connectivity index (χ0) is 10.2. The summed E-state index contributed by atoms with van der Waals surface area (Å²) in [5, 5.41) is 0. The lowest BCUT2D eigenvalue weighted by molar-refractivity contribution is 0.486. The van der Waals surface area contributed by atoms with Gasteiger partial charge in [0, 0.05) is 29.7 Å². The van der Waals surface area contributed by atoms with E-state index in [1.54, 1.807) is 12.4 Å². The molecule has 0 radical (unpaired) electrons. The minimum atomic E-state index is 0.167. The van der Waals surface area contributed by atoms with Gasteiger partial charge in [-0.15, -0.1) is 0 Å². The molecule has 0 aliphatic heterocycles. The van der Waals surface area contributed by atoms with E-state index in [9.17, 15) is 0 Å². The second kappa shape index (κ2) is 3.08. The highest BCUT2D eigenvalue weighted by atomic mass is 15.0. The van der Waals surface area contributed by atoms with Crippen molar-refractivity contribution in [2.75, 3.05) is 0 Å². The fourth-order valence-corrected chi connectivity index (χ4v) is 1.52. The van der Waals surface area contributed by atoms with Gasteiger partial charge in [-0.2, -0.15) is 0 Å². The van der Waals surface area contributed by atoms with Crippen LogP contribution in [0.1, 0.15) is 32.9 Å². The number of hydrogen-bond acceptors (Lipinski definition) is 2. The van der Waals surface area contributed by atoms with Crippen LogP contribution >= 0.6 is 0 Å². The Labute approximate surface area is 83.8 Å². The minimum absolute atomic E-state index is 0.167. The number of fused-ring (bicyclic) bond motifs is 1. The quantitative estimate of drug-likeness (QED) is 0.726. The van der Waals surface area contributed by atoms with Gasteiger partial charge in [0.25, 0.3) is 0 Å². The first-order chi connectivity index (χ1) is 6.65. The molecule has 0 aliphatic rings. The Hall–Kier alpha value is -1.38. The van der Waals surface area contributed by atoms with Crippen molar-refractivity contribution in [2.45, 2.75) is 32.6 Å². The van der Waals surface area contributed by atoms with Crippen LogP contribution in [0.3, 0.4) is 0 Å². The van der Waals surface area contributed by atoms with E-state index in [-0.39, 0.29) is 5.41 Å². The molecule has 2 rings (SSSR count). The van der Waals surface area contributed by atoms with Crippen LogP contribution in [0.15, 0.2) is 24.8 Å². The van der Waals surface area contributed by atoms with Gasteiger partial charge in [-0.05, 0) is 6.42 Å². The van der Waals surface area contributed by atoms with Crippen LogP contribution in [0, 0.1) is 0 Å². The van der Waals surface area contributed by atoms with E-state index < -0.39 is 0 Å². The Morgan fingerprint density at radius 1 is 1.36 bits per heavy atom. The zero-order valence-corrected chi connectivity index (χ0v) is 8.86. The maximum absolute atomic E-state index is 4.33. The van der Waals surface area contributed by atoms with E-state index >= 15 is 0 Å². The average molecular weight is 189 g/mol. The number of imidazole rings is 1. The van der Waals surface area contributed by atoms with Crippen LogP contribution in [0.25, 0.3) is 5.65 Å². The number of hydrogen-bond donors (Lipinski definition) is 0. The van der Waals surface area contributed by atoms with E-state index in [1.807, 2.05) is 12.4 Å². The lowest BCUT2D eigenvalue weighted by atomic mass is 9.87. The van der Waals surface area contributed by atoms with Crippen molar-refractivity contribution in [3.8, 4) is 0 Å². The molecule has 0 fully saturated rings. The number of nitrogens with zero attached hydrogens (tertiary/aromatic N) is 3. The number of aromatic nitrogens is 3. The van der Waals surface area contributed by atoms with Crippen molar-refractivity contribution in [3.63, 3.8) is 0 Å². The van der Waals surface area contributed by atoms with Gasteiger partial charge in [-0.25, -0.2) is 4.98 Å². The smallest absolute Gasteiger partial charge is 0.155 e. The Balaban J connectivity index is 2.64. The summed E-state index contributed by atoms with van der Waals surface area (Å²) in [6, 6.07) is 0. The summed E-state index contributed by atoms with van der Waals surface area (Å²) in [6.07, 6.45) is 8.60. The van der Waals surface area contributed by atoms with Crippen molar-refractivity contribution in [2.24, 2.45) is 0 Å². The van der Waals surface area contributed by atoms with Gasteiger partial charge in [-0.1, -0.05) is 20.8 Å². The maximum Gasteiger partial charge on any atom is 0.155 e. The summed E-state index contributed by atoms with van der Waals surface area (Å²) in [5.41, 5.74) is 2.34. The zero-order valence-electron chi connectivity index (χ0n) is 8.86. The lowest BCUT2D eigenvalue weighted by Crippen LogP contribution is -2.17. The lowest BCUT2D eigenvalue weighted by Gasteiger charge is -2.21. The van der Waals surface area contributed by atoms with Crippen LogP contribution in [0.5, 0.6) is 0 Å². The van der Waals surface area contributed by atoms with E-state index in [2.05, 4.69) is 35.1 Å². The molecule has 0 atom stereocenters. The highest BCUT2D eigenvalue weighted by Gasteiger charge is 2.21. The molecule has 2 heterocycles. The van der Waals surface area contributed by atoms with Crippen LogP contribution < -0.4 is 0 Å². The largest absolute Gasteiger partial charge is 0.301 e. The van der Waals surface area contributed by atoms with Crippen molar-refractivity contribution < 1.29 is 0 Å². The first kappa shape index (κ1) is 9.19. The van der Waals surface area contributed by atoms with Gasteiger partial charge < -0.3 is 4.40 Å². The van der Waals surface area contributed by atoms with Crippen molar-refractivity contribution in [1.82, 2.24) is 14.4 Å². The maximum atomic E-state index is 4.33. The van der Waals surface area contributed by atoms with Crippen LogP contribution in [0.4, 0.5) is 0 Å². The van der Waals surface area contributed by atoms with Gasteiger partial charge in [-0.3, -0.25) is 4.98 Å². The molecule has 0 unspecified atom stereocenters. The van der Waals surface area contributed by atoms with E-state index in [4.69, 9.17) is 0 Å². The predicted molar refractivity (Wildman–Crippen MR) is 56.3 cm³/mol. The number of rotatable bonds is 2. The second-order valence-corrected chi connectivity index (χ2v) is 4.19. The monoisotopic (exact) mass is 189 g/mol. The van der Waals surface area contributed by atoms with Gasteiger partial charge in [0.1, 0.15) is 0 Å². The Bertz CT molecular complexity index is 442. The van der Waals surface area contributed by atoms with Crippen LogP contribution in [-0.4, -0.2) is 14.4 Å². The summed E-state index contributed by atoms with van der Waals surface area (Å²) in [4.78, 5) is 8.38. The summed E-state index contributed by atoms with van der Waals surface area (Å²) in [7, 11) is 0. The molecular weight excluding hydrogens is 174 g/mol. The first-order valence-corrected chi connectivity index (χ1v) is 4.92. The molecule has 2 aromatic rings. The van der Waals surface area contributed by atoms with Crippen LogP contribution in [-0.2, 0) is 5.41 Å². The summed E-state index contributed by atoms with van der Waals surface area (Å²) in [5.74, 6) is 0. The molecular formula is C11H15N3. The average Bonchev–Trinajstić information content (AvgIpc) is 2.61. The molecule has 14 heavy (non-hydrogen) atoms. The summed E-state index contributed by atoms with van der Waals surface area (Å²) < 4.78 is 2.11. The van der Waals surface area contributed by atoms with E-state index in [0.717, 1.165) is 12.1 Å². The molecule has 2 aromatic heterocycles. The van der Waals surface area contributed by atoms with Gasteiger partial charge in [0.05, 0.1) is 6.20 Å². The molecule has 74 valence electrons. The third-order valence-electron chi connectivity index (χ3n) is 2.89. The fraction of sp³-hybridized carbons (Fsp3) is 0.455. The minimum Gasteiger partial charge on any atom is -0.301 e. The SMILES string of the molecule is CCC(C)(C)c1cnc2cnccn12. The molecule has 3 nitrogen and oxygen atoms in total. The molecule has 0 bridgehead atoms. The first-order valence-electron chi connectivity index (χ1n) is 4.92. The van der Waals surface area contributed by atoms with Crippen molar-refractivity contribution >= 4 is 5.65 Å². The highest BCUT2D eigenvalue weighted by molar-refractivity contribution is 5.38. The molecule has 0 N–H and O–H groups in total.